The number of nitrogens with one attached hydrogen (secondary N) is 1. The first kappa shape index (κ1) is 82.7. The number of thioether (sulfide) groups is 2. The first-order chi connectivity index (χ1) is 53.8. The van der Waals surface area contributed by atoms with E-state index in [2.05, 4.69) is 119 Å². The van der Waals surface area contributed by atoms with Crippen LogP contribution in [0.2, 0.25) is 23.2 Å². The highest BCUT2D eigenvalue weighted by atomic mass is 79.9. The SMILES string of the molecule is COc1cc(-c2nc3cc(Cl)ccc3s2)cc(OC)c1O.Cc1ccc(-c2nc3ccccc3o2)cc1.Cc1ccc2c(-c3ccccc3)cc(=O)oc2c1O[Si](C)(C)C(C)(C)C.Cc1ccc2c(c1)NC(c1ccc(O)c(Br)c1)S2.O=C(O)C1CSC(c2ccc(O)c(O)c2)=N1.O=C(O)c1csc(-c2ccc(O)cc2O)n1. The van der Waals surface area contributed by atoms with Gasteiger partial charge in [0.1, 0.15) is 38.2 Å². The van der Waals surface area contributed by atoms with E-state index in [1.165, 1.54) is 83.4 Å². The zero-order valence-corrected chi connectivity index (χ0v) is 69.1. The molecule has 0 radical (unpaired) electrons. The predicted molar refractivity (Wildman–Crippen MR) is 457 cm³/mol. The summed E-state index contributed by atoms with van der Waals surface area (Å²) in [6.45, 7) is 17.2. The molecule has 21 nitrogen and oxygen atoms in total. The van der Waals surface area contributed by atoms with Crippen molar-refractivity contribution in [1.29, 1.82) is 0 Å². The van der Waals surface area contributed by atoms with Crippen molar-refractivity contribution in [3.05, 3.63) is 259 Å². The molecule has 0 saturated heterocycles. The molecule has 14 aromatic rings. The number of carboxylic acid groups (broad SMARTS) is 2. The number of ether oxygens (including phenoxy) is 2. The minimum Gasteiger partial charge on any atom is -0.541 e. The van der Waals surface area contributed by atoms with E-state index in [-0.39, 0.29) is 56.2 Å². The van der Waals surface area contributed by atoms with Crippen molar-refractivity contribution in [1.82, 2.24) is 15.0 Å². The number of oxazole rings is 1. The number of anilines is 1. The van der Waals surface area contributed by atoms with Crippen LogP contribution in [-0.2, 0) is 4.79 Å². The number of carboxylic acids is 2. The Morgan fingerprint density at radius 1 is 0.637 bits per heavy atom. The van der Waals surface area contributed by atoms with Gasteiger partial charge < -0.3 is 68.9 Å². The van der Waals surface area contributed by atoms with Crippen LogP contribution in [-0.4, -0.2) is 107 Å². The van der Waals surface area contributed by atoms with Crippen molar-refractivity contribution in [2.24, 2.45) is 4.99 Å². The van der Waals surface area contributed by atoms with Gasteiger partial charge >= 0.3 is 17.6 Å². The van der Waals surface area contributed by atoms with E-state index in [4.69, 9.17) is 54.8 Å². The fraction of sp³-hybridized carbons (Fsp3) is 0.165. The van der Waals surface area contributed by atoms with Crippen molar-refractivity contribution in [2.45, 2.75) is 76.0 Å². The number of hydrogen-bond acceptors (Lipinski definition) is 23. The van der Waals surface area contributed by atoms with Gasteiger partial charge in [-0.25, -0.2) is 29.3 Å². The van der Waals surface area contributed by atoms with E-state index in [0.29, 0.717) is 60.7 Å². The number of nitrogens with zero attached hydrogens (tertiary/aromatic N) is 4. The molecule has 0 saturated carbocycles. The number of aliphatic imine (C=N–C) groups is 1. The average Bonchev–Trinajstić information content (AvgIpc) is 1.62. The van der Waals surface area contributed by atoms with Crippen LogP contribution in [0, 0.1) is 20.8 Å². The number of aryl methyl sites for hydroxylation is 3. The lowest BCUT2D eigenvalue weighted by Crippen LogP contribution is -2.44. The number of hydrogen-bond donors (Lipinski definition) is 9. The second kappa shape index (κ2) is 36.0. The van der Waals surface area contributed by atoms with Crippen molar-refractivity contribution in [3.8, 4) is 95.5 Å². The second-order valence-electron chi connectivity index (χ2n) is 27.2. The molecule has 0 fully saturated rings. The third-order valence-corrected chi connectivity index (χ3v) is 27.5. The van der Waals surface area contributed by atoms with Crippen LogP contribution in [0.3, 0.4) is 0 Å². The summed E-state index contributed by atoms with van der Waals surface area (Å²) < 4.78 is 30.0. The topological polar surface area (TPSA) is 330 Å². The molecule has 2 aliphatic heterocycles. The van der Waals surface area contributed by atoms with Gasteiger partial charge in [-0.1, -0.05) is 129 Å². The summed E-state index contributed by atoms with van der Waals surface area (Å²) in [4.78, 5) is 51.8. The van der Waals surface area contributed by atoms with E-state index in [0.717, 1.165) is 80.9 Å². The van der Waals surface area contributed by atoms with Crippen LogP contribution in [0.5, 0.6) is 51.7 Å². The summed E-state index contributed by atoms with van der Waals surface area (Å²) >= 11 is 15.1. The number of fused-ring (bicyclic) bond motifs is 4. The summed E-state index contributed by atoms with van der Waals surface area (Å²) in [6.07, 6.45) is 0. The number of aromatic hydroxyl groups is 6. The molecule has 28 heteroatoms. The molecule has 10 aromatic carbocycles. The quantitative estimate of drug-likeness (QED) is 0.0312. The average molecular weight is 1700 g/mol. The van der Waals surface area contributed by atoms with E-state index < -0.39 is 26.3 Å². The number of aromatic nitrogens is 3. The summed E-state index contributed by atoms with van der Waals surface area (Å²) in [6, 6.07) is 60.3. The fourth-order valence-corrected chi connectivity index (χ4v) is 16.5. The third kappa shape index (κ3) is 20.3. The van der Waals surface area contributed by atoms with E-state index in [1.54, 1.807) is 53.4 Å². The number of aliphatic carboxylic acids is 1. The minimum atomic E-state index is -2.07. The van der Waals surface area contributed by atoms with Gasteiger partial charge in [-0.05, 0) is 192 Å². The Kier molecular flexibility index (Phi) is 26.3. The van der Waals surface area contributed by atoms with Crippen LogP contribution in [0.1, 0.15) is 64.5 Å². The Hall–Kier alpha value is -11.3. The van der Waals surface area contributed by atoms with E-state index in [1.807, 2.05) is 116 Å². The van der Waals surface area contributed by atoms with Gasteiger partial charge in [0.25, 0.3) is 8.32 Å². The Bertz CT molecular complexity index is 5850. The molecule has 4 aromatic heterocycles. The molecule has 2 unspecified atom stereocenters. The van der Waals surface area contributed by atoms with Gasteiger partial charge in [0, 0.05) is 60.9 Å². The van der Waals surface area contributed by atoms with Crippen molar-refractivity contribution < 1.29 is 73.2 Å². The fourth-order valence-electron chi connectivity index (χ4n) is 10.9. The summed E-state index contributed by atoms with van der Waals surface area (Å²) in [5.74, 6) is 0.0266. The molecule has 2 aliphatic rings. The standard InChI is InChI=1S/C22H26O3Si.C15H12ClNO3S.C14H12BrNOS.C14H11NO.C10H9NO4S.C10H7NO4S/c1-15-12-13-17-18(16-10-8-7-9-11-16)14-19(23)24-21(17)20(15)25-26(5,6)22(2,3)4;1-19-11-5-8(6-12(20-2)14(11)18)15-17-10-7-9(16)3-4-13(10)21-15;1-8-2-5-13-11(6-8)16-14(18-13)9-3-4-12(17)10(15)7-9;1-10-6-8-11(9-7-10)14-15-12-4-2-3-5-13(12)16-14;12-7-2-1-5(3-8(7)13)9-11-6(4-16-9)10(14)15;12-5-1-2-6(8(13)3-5)9-11-7(4-16-9)10(14)15/h7-14H,1-6H3;3-7,18H,1-2H3;2-7,14,16-17H,1H3;2-9H,1H3;1-3,6,12-13H,4H2,(H,14,15);1-4,12-13H,(H,14,15). The highest BCUT2D eigenvalue weighted by molar-refractivity contribution is 9.10. The number of rotatable bonds is 12. The molecule has 580 valence electrons. The Balaban J connectivity index is 0.000000135. The normalized spacial score (nSPS) is 13.4. The molecule has 2 atom stereocenters. The smallest absolute Gasteiger partial charge is 0.355 e. The summed E-state index contributed by atoms with van der Waals surface area (Å²) in [5.41, 5.74) is 13.2. The molecule has 0 spiro atoms. The third-order valence-electron chi connectivity index (χ3n) is 18.0. The number of phenolic OH excluding ortho intramolecular Hbond substituents is 6. The van der Waals surface area contributed by atoms with Crippen LogP contribution in [0.4, 0.5) is 5.69 Å². The number of halogens is 2. The van der Waals surface area contributed by atoms with Crippen molar-refractivity contribution in [2.75, 3.05) is 25.3 Å². The summed E-state index contributed by atoms with van der Waals surface area (Å²) in [7, 11) is 0.922. The molecule has 0 bridgehead atoms. The zero-order chi connectivity index (χ0) is 81.2. The van der Waals surface area contributed by atoms with Crippen molar-refractivity contribution >= 4 is 137 Å². The van der Waals surface area contributed by atoms with Gasteiger partial charge in [0.05, 0.1) is 39.5 Å². The molecule has 16 rings (SSSR count). The molecule has 0 aliphatic carbocycles. The van der Waals surface area contributed by atoms with E-state index >= 15 is 0 Å². The van der Waals surface area contributed by atoms with Gasteiger partial charge in [-0.2, -0.15) is 0 Å². The zero-order valence-electron chi connectivity index (χ0n) is 62.5. The largest absolute Gasteiger partial charge is 0.541 e. The number of aromatic carboxylic acids is 1. The Morgan fingerprint density at radius 3 is 1.97 bits per heavy atom. The number of thiazole rings is 2. The molecule has 6 heterocycles. The minimum absolute atomic E-state index is 0.0205. The van der Waals surface area contributed by atoms with Gasteiger partial charge in [-0.3, -0.25) is 4.99 Å². The Morgan fingerprint density at radius 2 is 1.33 bits per heavy atom. The van der Waals surface area contributed by atoms with Gasteiger partial charge in [-0.15, -0.1) is 34.4 Å². The number of para-hydroxylation sites is 2. The van der Waals surface area contributed by atoms with Crippen LogP contribution < -0.4 is 24.8 Å². The van der Waals surface area contributed by atoms with Gasteiger partial charge in [0.15, 0.2) is 51.6 Å². The first-order valence-electron chi connectivity index (χ1n) is 34.8. The highest BCUT2D eigenvalue weighted by Gasteiger charge is 2.40. The maximum atomic E-state index is 12.3. The number of carbonyl (C=O) groups is 2. The molecule has 9 N–H and O–H groups in total. The maximum Gasteiger partial charge on any atom is 0.355 e. The lowest BCUT2D eigenvalue weighted by atomic mass is 10.0. The molecular formula is C85H77BrClN5O16S4Si. The van der Waals surface area contributed by atoms with Crippen LogP contribution in [0.25, 0.3) is 76.0 Å². The van der Waals surface area contributed by atoms with Gasteiger partial charge in [0.2, 0.25) is 11.6 Å². The second-order valence-corrected chi connectivity index (χ2v) is 37.3. The predicted octanol–water partition coefficient (Wildman–Crippen LogP) is 21.9. The molecule has 0 amide bonds. The monoisotopic (exact) mass is 1690 g/mol. The number of phenols is 6. The molecular weight excluding hydrogens is 1620 g/mol. The Labute approximate surface area is 680 Å². The van der Waals surface area contributed by atoms with Crippen molar-refractivity contribution in [3.63, 3.8) is 0 Å². The highest BCUT2D eigenvalue weighted by Crippen LogP contribution is 2.49. The first-order valence-corrected chi connectivity index (χ1v) is 42.4. The van der Waals surface area contributed by atoms with Crippen LogP contribution in [0.15, 0.2) is 234 Å². The van der Waals surface area contributed by atoms with Crippen LogP contribution >= 0.6 is 73.7 Å². The number of benzene rings is 10. The number of methoxy groups -OCH3 is 2. The molecule has 113 heavy (non-hydrogen) atoms. The lowest BCUT2D eigenvalue weighted by Gasteiger charge is -2.37. The maximum absolute atomic E-state index is 12.3. The lowest BCUT2D eigenvalue weighted by molar-refractivity contribution is -0.137. The summed E-state index contributed by atoms with van der Waals surface area (Å²) in [5, 5.41) is 82.5. The van der Waals surface area contributed by atoms with E-state index in [9.17, 15) is 34.8 Å².